The standard InChI is InChI=1S/C19H32N4O3S/c1-4-20-19(21-11-6-13-23(3)27(24,25)5-2)22-12-9-16-7-8-18-17(15-16)10-14-26-18/h7-8,15H,4-6,9-14H2,1-3H3,(H2,20,21,22). The van der Waals surface area contributed by atoms with Gasteiger partial charge < -0.3 is 15.4 Å². The summed E-state index contributed by atoms with van der Waals surface area (Å²) in [7, 11) is -1.50. The monoisotopic (exact) mass is 396 g/mol. The number of ether oxygens (including phenoxy) is 1. The topological polar surface area (TPSA) is 83.0 Å². The Labute approximate surface area is 163 Å². The first kappa shape index (κ1) is 21.5. The van der Waals surface area contributed by atoms with Crippen molar-refractivity contribution in [1.29, 1.82) is 0 Å². The highest BCUT2D eigenvalue weighted by Gasteiger charge is 2.14. The first-order chi connectivity index (χ1) is 13.0. The zero-order valence-corrected chi connectivity index (χ0v) is 17.4. The van der Waals surface area contributed by atoms with Crippen LogP contribution in [0.5, 0.6) is 5.75 Å². The molecule has 7 nitrogen and oxygen atoms in total. The van der Waals surface area contributed by atoms with Crippen LogP contribution in [0.1, 0.15) is 31.4 Å². The molecule has 1 heterocycles. The van der Waals surface area contributed by atoms with Crippen molar-refractivity contribution < 1.29 is 13.2 Å². The Balaban J connectivity index is 1.76. The predicted octanol–water partition coefficient (Wildman–Crippen LogP) is 1.39. The number of rotatable bonds is 10. The van der Waals surface area contributed by atoms with Gasteiger partial charge in [0.1, 0.15) is 5.75 Å². The van der Waals surface area contributed by atoms with E-state index in [0.717, 1.165) is 44.2 Å². The number of nitrogens with zero attached hydrogens (tertiary/aromatic N) is 2. The van der Waals surface area contributed by atoms with Gasteiger partial charge in [0.2, 0.25) is 10.0 Å². The number of fused-ring (bicyclic) bond motifs is 1. The van der Waals surface area contributed by atoms with E-state index in [1.165, 1.54) is 15.4 Å². The Hall–Kier alpha value is -1.80. The third-order valence-corrected chi connectivity index (χ3v) is 6.41. The molecule has 0 saturated heterocycles. The summed E-state index contributed by atoms with van der Waals surface area (Å²) in [6.45, 7) is 7.10. The fraction of sp³-hybridized carbons (Fsp3) is 0.632. The highest BCUT2D eigenvalue weighted by molar-refractivity contribution is 7.89. The van der Waals surface area contributed by atoms with Crippen LogP contribution in [0.25, 0.3) is 0 Å². The third-order valence-electron chi connectivity index (χ3n) is 4.54. The van der Waals surface area contributed by atoms with Crippen molar-refractivity contribution in [2.75, 3.05) is 45.6 Å². The maximum absolute atomic E-state index is 11.7. The second-order valence-electron chi connectivity index (χ2n) is 6.55. The van der Waals surface area contributed by atoms with E-state index >= 15 is 0 Å². The van der Waals surface area contributed by atoms with E-state index in [9.17, 15) is 8.42 Å². The summed E-state index contributed by atoms with van der Waals surface area (Å²) in [6, 6.07) is 6.38. The molecule has 0 aliphatic carbocycles. The normalized spacial score (nSPS) is 14.1. The van der Waals surface area contributed by atoms with Gasteiger partial charge in [-0.25, -0.2) is 12.7 Å². The van der Waals surface area contributed by atoms with Crippen LogP contribution in [-0.2, 0) is 22.9 Å². The molecule has 27 heavy (non-hydrogen) atoms. The van der Waals surface area contributed by atoms with Crippen molar-refractivity contribution in [1.82, 2.24) is 14.9 Å². The Morgan fingerprint density at radius 3 is 2.85 bits per heavy atom. The zero-order chi connectivity index (χ0) is 19.7. The van der Waals surface area contributed by atoms with E-state index in [4.69, 9.17) is 4.74 Å². The number of hydrogen-bond acceptors (Lipinski definition) is 4. The van der Waals surface area contributed by atoms with Crippen LogP contribution in [-0.4, -0.2) is 64.3 Å². The molecule has 1 aromatic carbocycles. The van der Waals surface area contributed by atoms with Gasteiger partial charge in [-0.2, -0.15) is 0 Å². The largest absolute Gasteiger partial charge is 0.493 e. The predicted molar refractivity (Wildman–Crippen MR) is 110 cm³/mol. The van der Waals surface area contributed by atoms with Crippen molar-refractivity contribution in [2.24, 2.45) is 4.99 Å². The number of hydrogen-bond donors (Lipinski definition) is 2. The first-order valence-corrected chi connectivity index (χ1v) is 11.3. The summed E-state index contributed by atoms with van der Waals surface area (Å²) in [5, 5.41) is 6.57. The molecule has 2 N–H and O–H groups in total. The van der Waals surface area contributed by atoms with Gasteiger partial charge in [-0.05, 0) is 43.9 Å². The fourth-order valence-electron chi connectivity index (χ4n) is 2.91. The Kier molecular flexibility index (Phi) is 8.37. The summed E-state index contributed by atoms with van der Waals surface area (Å²) < 4.78 is 30.4. The van der Waals surface area contributed by atoms with Gasteiger partial charge in [-0.15, -0.1) is 0 Å². The van der Waals surface area contributed by atoms with Crippen LogP contribution in [0.3, 0.4) is 0 Å². The molecule has 0 atom stereocenters. The Morgan fingerprint density at radius 2 is 2.11 bits per heavy atom. The van der Waals surface area contributed by atoms with E-state index in [2.05, 4.69) is 33.8 Å². The molecule has 0 bridgehead atoms. The fourth-order valence-corrected chi connectivity index (χ4v) is 3.75. The smallest absolute Gasteiger partial charge is 0.213 e. The molecule has 0 spiro atoms. The van der Waals surface area contributed by atoms with Crippen molar-refractivity contribution in [3.8, 4) is 5.75 Å². The number of aliphatic imine (C=N–C) groups is 1. The van der Waals surface area contributed by atoms with Crippen LogP contribution in [0.4, 0.5) is 0 Å². The van der Waals surface area contributed by atoms with Gasteiger partial charge in [-0.1, -0.05) is 12.1 Å². The zero-order valence-electron chi connectivity index (χ0n) is 16.6. The lowest BCUT2D eigenvalue weighted by Crippen LogP contribution is -2.38. The van der Waals surface area contributed by atoms with Gasteiger partial charge in [0.15, 0.2) is 5.96 Å². The van der Waals surface area contributed by atoms with E-state index in [1.807, 2.05) is 6.92 Å². The van der Waals surface area contributed by atoms with Crippen LogP contribution in [0, 0.1) is 0 Å². The minimum absolute atomic E-state index is 0.131. The summed E-state index contributed by atoms with van der Waals surface area (Å²) in [5.74, 6) is 1.91. The molecule has 0 fully saturated rings. The highest BCUT2D eigenvalue weighted by Crippen LogP contribution is 2.25. The highest BCUT2D eigenvalue weighted by atomic mass is 32.2. The van der Waals surface area contributed by atoms with Crippen LogP contribution < -0.4 is 15.4 Å². The minimum Gasteiger partial charge on any atom is -0.493 e. The summed E-state index contributed by atoms with van der Waals surface area (Å²) in [4.78, 5) is 4.54. The van der Waals surface area contributed by atoms with Gasteiger partial charge in [0.05, 0.1) is 12.4 Å². The molecule has 0 saturated carbocycles. The second-order valence-corrected chi connectivity index (χ2v) is 8.92. The molecule has 0 amide bonds. The molecule has 0 aromatic heterocycles. The van der Waals surface area contributed by atoms with Crippen LogP contribution in [0.2, 0.25) is 0 Å². The minimum atomic E-state index is -3.11. The average molecular weight is 397 g/mol. The first-order valence-electron chi connectivity index (χ1n) is 9.67. The number of guanidine groups is 1. The van der Waals surface area contributed by atoms with Gasteiger partial charge in [-0.3, -0.25) is 4.99 Å². The van der Waals surface area contributed by atoms with E-state index < -0.39 is 10.0 Å². The van der Waals surface area contributed by atoms with Gasteiger partial charge in [0.25, 0.3) is 0 Å². The SMILES string of the molecule is CCNC(=NCCCN(C)S(=O)(=O)CC)NCCc1ccc2c(c1)CCO2. The van der Waals surface area contributed by atoms with Crippen molar-refractivity contribution in [3.05, 3.63) is 29.3 Å². The van der Waals surface area contributed by atoms with Crippen molar-refractivity contribution >= 4 is 16.0 Å². The lowest BCUT2D eigenvalue weighted by Gasteiger charge is -2.15. The third kappa shape index (κ3) is 6.70. The number of nitrogens with one attached hydrogen (secondary N) is 2. The van der Waals surface area contributed by atoms with E-state index in [-0.39, 0.29) is 5.75 Å². The molecule has 1 aliphatic rings. The quantitative estimate of drug-likeness (QED) is 0.355. The van der Waals surface area contributed by atoms with E-state index in [0.29, 0.717) is 19.5 Å². The van der Waals surface area contributed by atoms with Gasteiger partial charge in [0, 0.05) is 39.6 Å². The molecule has 1 aliphatic heterocycles. The van der Waals surface area contributed by atoms with Crippen LogP contribution in [0.15, 0.2) is 23.2 Å². The maximum atomic E-state index is 11.7. The average Bonchev–Trinajstić information content (AvgIpc) is 3.12. The number of sulfonamides is 1. The summed E-state index contributed by atoms with van der Waals surface area (Å²) in [6.07, 6.45) is 2.59. The van der Waals surface area contributed by atoms with Crippen molar-refractivity contribution in [3.63, 3.8) is 0 Å². The summed E-state index contributed by atoms with van der Waals surface area (Å²) in [5.41, 5.74) is 2.58. The molecular weight excluding hydrogens is 364 g/mol. The molecule has 152 valence electrons. The Bertz CT molecular complexity index is 734. The lowest BCUT2D eigenvalue weighted by molar-refractivity contribution is 0.357. The van der Waals surface area contributed by atoms with Crippen LogP contribution >= 0.6 is 0 Å². The molecule has 1 aromatic rings. The molecule has 0 unspecified atom stereocenters. The molecule has 2 rings (SSSR count). The molecular formula is C19H32N4O3S. The summed E-state index contributed by atoms with van der Waals surface area (Å²) >= 11 is 0. The van der Waals surface area contributed by atoms with Crippen molar-refractivity contribution in [2.45, 2.75) is 33.1 Å². The maximum Gasteiger partial charge on any atom is 0.213 e. The molecule has 0 radical (unpaired) electrons. The second kappa shape index (κ2) is 10.5. The van der Waals surface area contributed by atoms with E-state index in [1.54, 1.807) is 14.0 Å². The number of benzene rings is 1. The lowest BCUT2D eigenvalue weighted by atomic mass is 10.1. The molecule has 8 heteroatoms. The van der Waals surface area contributed by atoms with Gasteiger partial charge >= 0.3 is 0 Å². The Morgan fingerprint density at radius 1 is 1.30 bits per heavy atom.